The average molecular weight is 556 g/mol. The third-order valence-electron chi connectivity index (χ3n) is 6.84. The number of rotatable bonds is 15. The van der Waals surface area contributed by atoms with Crippen molar-refractivity contribution in [2.75, 3.05) is 6.54 Å². The summed E-state index contributed by atoms with van der Waals surface area (Å²) in [6.07, 6.45) is 5.04. The van der Waals surface area contributed by atoms with E-state index in [1.807, 2.05) is 0 Å². The fourth-order valence-corrected chi connectivity index (χ4v) is 6.40. The Bertz CT molecular complexity index is 1260. The van der Waals surface area contributed by atoms with E-state index in [2.05, 4.69) is 5.32 Å². The van der Waals surface area contributed by atoms with Crippen LogP contribution in [0.3, 0.4) is 0 Å². The van der Waals surface area contributed by atoms with Gasteiger partial charge in [-0.2, -0.15) is 4.31 Å². The molecule has 1 saturated heterocycles. The normalized spacial score (nSPS) is 16.5. The molecule has 0 saturated carbocycles. The topological polar surface area (TPSA) is 145 Å². The predicted octanol–water partition coefficient (Wildman–Crippen LogP) is 3.75. The molecule has 1 fully saturated rings. The van der Waals surface area contributed by atoms with Crippen molar-refractivity contribution in [3.63, 3.8) is 0 Å². The molecule has 2 unspecified atom stereocenters. The first kappa shape index (κ1) is 30.2. The molecule has 0 aromatic heterocycles. The van der Waals surface area contributed by atoms with Crippen LogP contribution >= 0.6 is 0 Å². The zero-order valence-corrected chi connectivity index (χ0v) is 23.1. The van der Waals surface area contributed by atoms with Gasteiger partial charge in [-0.3, -0.25) is 9.59 Å². The molecule has 2 atom stereocenters. The van der Waals surface area contributed by atoms with Crippen molar-refractivity contribution in [1.29, 1.82) is 5.41 Å². The summed E-state index contributed by atoms with van der Waals surface area (Å²) in [5, 5.41) is 19.7. The molecule has 9 nitrogen and oxygen atoms in total. The highest BCUT2D eigenvalue weighted by Gasteiger charge is 2.40. The number of unbranched alkanes of at least 4 members (excludes halogenated alkanes) is 2. The van der Waals surface area contributed by atoms with Crippen LogP contribution in [-0.4, -0.2) is 59.8 Å². The van der Waals surface area contributed by atoms with E-state index in [1.165, 1.54) is 12.1 Å². The van der Waals surface area contributed by atoms with Gasteiger partial charge in [0.2, 0.25) is 15.9 Å². The smallest absolute Gasteiger partial charge is 0.326 e. The van der Waals surface area contributed by atoms with Crippen molar-refractivity contribution in [3.8, 4) is 0 Å². The Hall–Kier alpha value is -3.37. The van der Waals surface area contributed by atoms with Gasteiger partial charge in [0.05, 0.1) is 4.90 Å². The summed E-state index contributed by atoms with van der Waals surface area (Å²) in [5.74, 6) is -1.70. The minimum Gasteiger partial charge on any atom is -0.480 e. The van der Waals surface area contributed by atoms with Crippen LogP contribution < -0.4 is 5.32 Å². The number of sulfonamides is 1. The summed E-state index contributed by atoms with van der Waals surface area (Å²) in [5.41, 5.74) is 2.17. The van der Waals surface area contributed by atoms with Crippen LogP contribution in [0.15, 0.2) is 59.5 Å². The summed E-state index contributed by atoms with van der Waals surface area (Å²) in [6, 6.07) is 12.8. The number of hydrogen-bond donors (Lipinski definition) is 3. The van der Waals surface area contributed by atoms with Crippen LogP contribution in [0.2, 0.25) is 0 Å². The van der Waals surface area contributed by atoms with E-state index in [1.54, 1.807) is 49.4 Å². The van der Waals surface area contributed by atoms with E-state index in [-0.39, 0.29) is 23.6 Å². The van der Waals surface area contributed by atoms with E-state index < -0.39 is 34.0 Å². The van der Waals surface area contributed by atoms with Gasteiger partial charge in [0.1, 0.15) is 17.9 Å². The molecule has 0 aliphatic carbocycles. The maximum atomic E-state index is 13.1. The maximum absolute atomic E-state index is 13.1. The number of Topliss-reactive ketones (excluding diaryl/α,β-unsaturated/α-hetero) is 1. The van der Waals surface area contributed by atoms with Crippen LogP contribution in [0.25, 0.3) is 0 Å². The standard InChI is InChI=1S/C29H37N3O6S/c1-21(30)9-4-2-5-10-24(33)19-22-14-16-23(17-15-22)20-26(29(35)36)31-28(34)27-13-8-18-32(27)39(37,38)25-11-6-3-7-12-25/h3,6-7,11-12,14-17,26-27,30H,2,4-5,8-10,13,18-20H2,1H3,(H,31,34)(H,35,36). The largest absolute Gasteiger partial charge is 0.480 e. The summed E-state index contributed by atoms with van der Waals surface area (Å²) >= 11 is 0. The Morgan fingerprint density at radius 1 is 1.00 bits per heavy atom. The van der Waals surface area contributed by atoms with Crippen LogP contribution in [0.1, 0.15) is 63.0 Å². The number of aliphatic carboxylic acids is 1. The van der Waals surface area contributed by atoms with Crippen LogP contribution in [0.4, 0.5) is 0 Å². The molecule has 2 aromatic carbocycles. The van der Waals surface area contributed by atoms with Gasteiger partial charge < -0.3 is 15.8 Å². The highest BCUT2D eigenvalue weighted by molar-refractivity contribution is 7.89. The number of ketones is 1. The van der Waals surface area contributed by atoms with Crippen molar-refractivity contribution >= 4 is 33.4 Å². The molecule has 3 rings (SSSR count). The van der Waals surface area contributed by atoms with Gasteiger partial charge in [-0.05, 0) is 62.3 Å². The zero-order valence-electron chi connectivity index (χ0n) is 22.3. The molecule has 3 N–H and O–H groups in total. The first-order valence-electron chi connectivity index (χ1n) is 13.3. The molecular weight excluding hydrogens is 518 g/mol. The number of carbonyl (C=O) groups is 3. The van der Waals surface area contributed by atoms with Gasteiger partial charge in [-0.25, -0.2) is 13.2 Å². The van der Waals surface area contributed by atoms with Crippen LogP contribution in [0, 0.1) is 5.41 Å². The SMILES string of the molecule is CC(=N)CCCCCC(=O)Cc1ccc(CC(NC(=O)C2CCCN2S(=O)(=O)c2ccccc2)C(=O)O)cc1. The van der Waals surface area contributed by atoms with Crippen LogP contribution in [-0.2, 0) is 37.2 Å². The van der Waals surface area contributed by atoms with E-state index in [0.29, 0.717) is 37.0 Å². The van der Waals surface area contributed by atoms with Crippen molar-refractivity contribution in [2.45, 2.75) is 81.7 Å². The van der Waals surface area contributed by atoms with Gasteiger partial charge >= 0.3 is 5.97 Å². The average Bonchev–Trinajstić information content (AvgIpc) is 3.41. The lowest BCUT2D eigenvalue weighted by Gasteiger charge is -2.25. The number of carboxylic acid groups (broad SMARTS) is 1. The second-order valence-corrected chi connectivity index (χ2v) is 12.0. The number of nitrogens with one attached hydrogen (secondary N) is 2. The minimum absolute atomic E-state index is 0.0277. The molecule has 10 heteroatoms. The summed E-state index contributed by atoms with van der Waals surface area (Å²) in [6.45, 7) is 1.97. The highest BCUT2D eigenvalue weighted by atomic mass is 32.2. The molecule has 1 amide bonds. The lowest BCUT2D eigenvalue weighted by atomic mass is 10.00. The van der Waals surface area contributed by atoms with Gasteiger partial charge in [-0.15, -0.1) is 0 Å². The molecular formula is C29H37N3O6S. The Kier molecular flexibility index (Phi) is 10.9. The third kappa shape index (κ3) is 8.83. The Labute approximate surface area is 230 Å². The molecule has 0 spiro atoms. The van der Waals surface area contributed by atoms with Crippen molar-refractivity contribution in [2.24, 2.45) is 0 Å². The fraction of sp³-hybridized carbons (Fsp3) is 0.448. The maximum Gasteiger partial charge on any atom is 0.326 e. The first-order chi connectivity index (χ1) is 18.6. The molecule has 1 heterocycles. The lowest BCUT2D eigenvalue weighted by Crippen LogP contribution is -2.51. The Morgan fingerprint density at radius 2 is 1.64 bits per heavy atom. The first-order valence-corrected chi connectivity index (χ1v) is 14.8. The number of hydrogen-bond acceptors (Lipinski definition) is 6. The molecule has 39 heavy (non-hydrogen) atoms. The molecule has 0 radical (unpaired) electrons. The van der Waals surface area contributed by atoms with Crippen LogP contribution in [0.5, 0.6) is 0 Å². The van der Waals surface area contributed by atoms with Gasteiger partial charge in [0.15, 0.2) is 0 Å². The van der Waals surface area contributed by atoms with E-state index in [0.717, 1.165) is 35.6 Å². The van der Waals surface area contributed by atoms with Gasteiger partial charge in [0.25, 0.3) is 0 Å². The predicted molar refractivity (Wildman–Crippen MR) is 148 cm³/mol. The summed E-state index contributed by atoms with van der Waals surface area (Å²) < 4.78 is 27.3. The molecule has 0 bridgehead atoms. The Morgan fingerprint density at radius 3 is 2.28 bits per heavy atom. The highest BCUT2D eigenvalue weighted by Crippen LogP contribution is 2.26. The molecule has 1 aliphatic rings. The number of nitrogens with zero attached hydrogens (tertiary/aromatic N) is 1. The summed E-state index contributed by atoms with van der Waals surface area (Å²) in [7, 11) is -3.89. The zero-order chi connectivity index (χ0) is 28.4. The molecule has 2 aromatic rings. The minimum atomic E-state index is -3.89. The van der Waals surface area contributed by atoms with Crippen molar-refractivity contribution < 1.29 is 27.9 Å². The number of amides is 1. The number of benzene rings is 2. The monoisotopic (exact) mass is 555 g/mol. The van der Waals surface area contributed by atoms with E-state index in [4.69, 9.17) is 5.41 Å². The van der Waals surface area contributed by atoms with Crippen molar-refractivity contribution in [1.82, 2.24) is 9.62 Å². The van der Waals surface area contributed by atoms with Gasteiger partial charge in [-0.1, -0.05) is 48.9 Å². The third-order valence-corrected chi connectivity index (χ3v) is 8.76. The second-order valence-electron chi connectivity index (χ2n) is 10.1. The Balaban J connectivity index is 1.55. The van der Waals surface area contributed by atoms with Crippen molar-refractivity contribution in [3.05, 3.63) is 65.7 Å². The summed E-state index contributed by atoms with van der Waals surface area (Å²) in [4.78, 5) is 37.4. The molecule has 210 valence electrons. The number of carboxylic acids is 1. The second kappa shape index (κ2) is 14.1. The lowest BCUT2D eigenvalue weighted by molar-refractivity contribution is -0.142. The quantitative estimate of drug-likeness (QED) is 0.225. The van der Waals surface area contributed by atoms with E-state index in [9.17, 15) is 27.9 Å². The van der Waals surface area contributed by atoms with Gasteiger partial charge in [0, 0.05) is 31.5 Å². The molecule has 1 aliphatic heterocycles. The van der Waals surface area contributed by atoms with E-state index >= 15 is 0 Å². The fourth-order valence-electron chi connectivity index (χ4n) is 4.72. The number of carbonyl (C=O) groups excluding carboxylic acids is 2.